The molecular formula is C10H13N3O3. The Labute approximate surface area is 92.8 Å². The molecule has 1 amide bonds. The maximum atomic E-state index is 11.4. The first-order valence-electron chi connectivity index (χ1n) is 4.63. The maximum Gasteiger partial charge on any atom is 0.328 e. The minimum atomic E-state index is -1.14. The van der Waals surface area contributed by atoms with E-state index in [0.29, 0.717) is 6.54 Å². The largest absolute Gasteiger partial charge is 0.478 e. The lowest BCUT2D eigenvalue weighted by Gasteiger charge is -2.12. The number of carboxylic acid groups (broad SMARTS) is 1. The van der Waals surface area contributed by atoms with Crippen molar-refractivity contribution in [3.63, 3.8) is 0 Å². The molecule has 0 aromatic carbocycles. The molecular weight excluding hydrogens is 210 g/mol. The molecule has 0 bridgehead atoms. The van der Waals surface area contributed by atoms with Crippen LogP contribution in [-0.2, 0) is 23.2 Å². The van der Waals surface area contributed by atoms with E-state index in [-0.39, 0.29) is 5.91 Å². The molecule has 0 atom stereocenters. The van der Waals surface area contributed by atoms with Gasteiger partial charge in [-0.25, -0.2) is 4.79 Å². The van der Waals surface area contributed by atoms with Crippen LogP contribution < -0.4 is 0 Å². The highest BCUT2D eigenvalue weighted by molar-refractivity contribution is 5.93. The molecule has 0 aliphatic carbocycles. The molecule has 1 rings (SSSR count). The van der Waals surface area contributed by atoms with Crippen LogP contribution in [0, 0.1) is 0 Å². The minimum Gasteiger partial charge on any atom is -0.478 e. The van der Waals surface area contributed by atoms with Crippen molar-refractivity contribution in [1.82, 2.24) is 14.7 Å². The zero-order valence-corrected chi connectivity index (χ0v) is 9.12. The number of carboxylic acids is 1. The standard InChI is InChI=1S/C10H13N3O3/c1-12(9(14)3-4-10(15)16)7-8-5-6-13(2)11-8/h3-6H,7H2,1-2H3,(H,15,16). The third-order valence-electron chi connectivity index (χ3n) is 1.91. The average Bonchev–Trinajstić information content (AvgIpc) is 2.60. The summed E-state index contributed by atoms with van der Waals surface area (Å²) in [6.07, 6.45) is 3.61. The molecule has 86 valence electrons. The number of likely N-dealkylation sites (N-methyl/N-ethyl adjacent to an activating group) is 1. The molecule has 1 N–H and O–H groups in total. The van der Waals surface area contributed by atoms with Gasteiger partial charge in [-0.1, -0.05) is 0 Å². The van der Waals surface area contributed by atoms with Crippen LogP contribution in [0.1, 0.15) is 5.69 Å². The molecule has 1 aromatic heterocycles. The molecule has 0 unspecified atom stereocenters. The number of aromatic nitrogens is 2. The third-order valence-corrected chi connectivity index (χ3v) is 1.91. The lowest BCUT2D eigenvalue weighted by Crippen LogP contribution is -2.24. The Morgan fingerprint density at radius 1 is 1.56 bits per heavy atom. The van der Waals surface area contributed by atoms with Crippen LogP contribution in [0.2, 0.25) is 0 Å². The molecule has 0 fully saturated rings. The molecule has 6 nitrogen and oxygen atoms in total. The predicted octanol–water partition coefficient (Wildman–Crippen LogP) is 0.0193. The van der Waals surface area contributed by atoms with E-state index in [1.165, 1.54) is 4.90 Å². The minimum absolute atomic E-state index is 0.351. The number of aryl methyl sites for hydroxylation is 1. The molecule has 1 aromatic rings. The number of carbonyl (C=O) groups is 2. The number of rotatable bonds is 4. The predicted molar refractivity (Wildman–Crippen MR) is 56.5 cm³/mol. The van der Waals surface area contributed by atoms with E-state index in [1.54, 1.807) is 31.0 Å². The Kier molecular flexibility index (Phi) is 3.82. The zero-order chi connectivity index (χ0) is 12.1. The monoisotopic (exact) mass is 223 g/mol. The van der Waals surface area contributed by atoms with E-state index >= 15 is 0 Å². The summed E-state index contributed by atoms with van der Waals surface area (Å²) in [5.74, 6) is -1.51. The van der Waals surface area contributed by atoms with Gasteiger partial charge in [-0.15, -0.1) is 0 Å². The van der Waals surface area contributed by atoms with E-state index in [1.807, 2.05) is 0 Å². The van der Waals surface area contributed by atoms with Crippen molar-refractivity contribution in [2.45, 2.75) is 6.54 Å². The lowest BCUT2D eigenvalue weighted by molar-refractivity contribution is -0.132. The van der Waals surface area contributed by atoms with Gasteiger partial charge < -0.3 is 10.0 Å². The van der Waals surface area contributed by atoms with Gasteiger partial charge in [0, 0.05) is 32.4 Å². The van der Waals surface area contributed by atoms with E-state index in [0.717, 1.165) is 17.8 Å². The smallest absolute Gasteiger partial charge is 0.328 e. The fourth-order valence-electron chi connectivity index (χ4n) is 1.14. The first-order valence-corrected chi connectivity index (χ1v) is 4.63. The molecule has 0 radical (unpaired) electrons. The summed E-state index contributed by atoms with van der Waals surface area (Å²) in [5.41, 5.74) is 0.752. The zero-order valence-electron chi connectivity index (χ0n) is 9.12. The SMILES string of the molecule is CN(Cc1ccn(C)n1)C(=O)C=CC(=O)O. The number of nitrogens with zero attached hydrogens (tertiary/aromatic N) is 3. The molecule has 16 heavy (non-hydrogen) atoms. The topological polar surface area (TPSA) is 75.4 Å². The summed E-state index contributed by atoms with van der Waals surface area (Å²) in [6, 6.07) is 1.80. The molecule has 0 spiro atoms. The first kappa shape index (κ1) is 12.0. The van der Waals surface area contributed by atoms with Crippen LogP contribution in [0.4, 0.5) is 0 Å². The van der Waals surface area contributed by atoms with Crippen molar-refractivity contribution in [3.8, 4) is 0 Å². The number of carbonyl (C=O) groups excluding carboxylic acids is 1. The van der Waals surface area contributed by atoms with Crippen molar-refractivity contribution in [1.29, 1.82) is 0 Å². The Balaban J connectivity index is 2.55. The van der Waals surface area contributed by atoms with Gasteiger partial charge in [-0.2, -0.15) is 5.10 Å². The Morgan fingerprint density at radius 2 is 2.25 bits per heavy atom. The van der Waals surface area contributed by atoms with Crippen molar-refractivity contribution < 1.29 is 14.7 Å². The summed E-state index contributed by atoms with van der Waals surface area (Å²) in [5, 5.41) is 12.5. The Bertz CT molecular complexity index is 423. The summed E-state index contributed by atoms with van der Waals surface area (Å²) in [4.78, 5) is 23.0. The summed E-state index contributed by atoms with van der Waals surface area (Å²) < 4.78 is 1.64. The first-order chi connectivity index (χ1) is 7.49. The van der Waals surface area contributed by atoms with Crippen LogP contribution in [0.5, 0.6) is 0 Å². The molecule has 0 aliphatic rings. The van der Waals surface area contributed by atoms with Gasteiger partial charge in [0.2, 0.25) is 5.91 Å². The Hall–Kier alpha value is -2.11. The fraction of sp³-hybridized carbons (Fsp3) is 0.300. The maximum absolute atomic E-state index is 11.4. The summed E-state index contributed by atoms with van der Waals surface area (Å²) in [6.45, 7) is 0.351. The summed E-state index contributed by atoms with van der Waals surface area (Å²) >= 11 is 0. The number of hydrogen-bond acceptors (Lipinski definition) is 3. The van der Waals surface area contributed by atoms with Crippen molar-refractivity contribution >= 4 is 11.9 Å². The van der Waals surface area contributed by atoms with Crippen LogP contribution in [0.25, 0.3) is 0 Å². The highest BCUT2D eigenvalue weighted by Gasteiger charge is 2.07. The fourth-order valence-corrected chi connectivity index (χ4v) is 1.14. The lowest BCUT2D eigenvalue weighted by atomic mass is 10.3. The van der Waals surface area contributed by atoms with Crippen molar-refractivity contribution in [2.24, 2.45) is 7.05 Å². The average molecular weight is 223 g/mol. The van der Waals surface area contributed by atoms with E-state index in [9.17, 15) is 9.59 Å². The van der Waals surface area contributed by atoms with Gasteiger partial charge in [-0.3, -0.25) is 9.48 Å². The molecule has 0 saturated carbocycles. The van der Waals surface area contributed by atoms with E-state index in [4.69, 9.17) is 5.11 Å². The number of aliphatic carboxylic acids is 1. The highest BCUT2D eigenvalue weighted by atomic mass is 16.4. The molecule has 0 aliphatic heterocycles. The van der Waals surface area contributed by atoms with Gasteiger partial charge in [-0.05, 0) is 6.07 Å². The highest BCUT2D eigenvalue weighted by Crippen LogP contribution is 2.00. The third kappa shape index (κ3) is 3.56. The van der Waals surface area contributed by atoms with Gasteiger partial charge in [0.1, 0.15) is 0 Å². The van der Waals surface area contributed by atoms with Crippen LogP contribution in [-0.4, -0.2) is 38.7 Å². The van der Waals surface area contributed by atoms with Crippen molar-refractivity contribution in [2.75, 3.05) is 7.05 Å². The van der Waals surface area contributed by atoms with E-state index < -0.39 is 5.97 Å². The number of amides is 1. The molecule has 6 heteroatoms. The van der Waals surface area contributed by atoms with Gasteiger partial charge >= 0.3 is 5.97 Å². The summed E-state index contributed by atoms with van der Waals surface area (Å²) in [7, 11) is 3.37. The quantitative estimate of drug-likeness (QED) is 0.730. The second-order valence-corrected chi connectivity index (χ2v) is 3.35. The van der Waals surface area contributed by atoms with Gasteiger partial charge in [0.05, 0.1) is 12.2 Å². The van der Waals surface area contributed by atoms with Gasteiger partial charge in [0.25, 0.3) is 0 Å². The second kappa shape index (κ2) is 5.11. The van der Waals surface area contributed by atoms with Gasteiger partial charge in [0.15, 0.2) is 0 Å². The van der Waals surface area contributed by atoms with Crippen LogP contribution in [0.3, 0.4) is 0 Å². The molecule has 0 saturated heterocycles. The van der Waals surface area contributed by atoms with Crippen LogP contribution in [0.15, 0.2) is 24.4 Å². The van der Waals surface area contributed by atoms with Crippen LogP contribution >= 0.6 is 0 Å². The second-order valence-electron chi connectivity index (χ2n) is 3.35. The van der Waals surface area contributed by atoms with Crippen molar-refractivity contribution in [3.05, 3.63) is 30.1 Å². The van der Waals surface area contributed by atoms with E-state index in [2.05, 4.69) is 5.10 Å². The molecule has 1 heterocycles. The Morgan fingerprint density at radius 3 is 2.75 bits per heavy atom. The normalized spacial score (nSPS) is 10.6. The number of hydrogen-bond donors (Lipinski definition) is 1.